The molecule has 0 heterocycles. The van der Waals surface area contributed by atoms with E-state index in [1.54, 1.807) is 0 Å². The van der Waals surface area contributed by atoms with E-state index in [1.807, 2.05) is 6.92 Å². The van der Waals surface area contributed by atoms with Gasteiger partial charge in [-0.2, -0.15) is 0 Å². The van der Waals surface area contributed by atoms with Gasteiger partial charge in [0.1, 0.15) is 0 Å². The first-order chi connectivity index (χ1) is 5.18. The predicted octanol–water partition coefficient (Wildman–Crippen LogP) is 1.54. The van der Waals surface area contributed by atoms with Gasteiger partial charge in [-0.1, -0.05) is 0 Å². The van der Waals surface area contributed by atoms with Crippen molar-refractivity contribution in [3.05, 3.63) is 0 Å². The van der Waals surface area contributed by atoms with Crippen molar-refractivity contribution in [1.82, 2.24) is 0 Å². The van der Waals surface area contributed by atoms with E-state index in [2.05, 4.69) is 6.92 Å². The van der Waals surface area contributed by atoms with Crippen LogP contribution in [0.4, 0.5) is 0 Å². The lowest BCUT2D eigenvalue weighted by Crippen LogP contribution is -2.23. The quantitative estimate of drug-likeness (QED) is 0.657. The molecule has 1 fully saturated rings. The molecule has 2 atom stereocenters. The second-order valence-electron chi connectivity index (χ2n) is 3.80. The molecular formula is C9H19NO. The molecule has 0 spiro atoms. The van der Waals surface area contributed by atoms with Gasteiger partial charge >= 0.3 is 0 Å². The van der Waals surface area contributed by atoms with E-state index in [0.29, 0.717) is 6.10 Å². The van der Waals surface area contributed by atoms with Gasteiger partial charge in [-0.3, -0.25) is 0 Å². The van der Waals surface area contributed by atoms with Crippen LogP contribution >= 0.6 is 0 Å². The van der Waals surface area contributed by atoms with E-state index in [0.717, 1.165) is 18.9 Å². The van der Waals surface area contributed by atoms with Crippen molar-refractivity contribution in [2.45, 2.75) is 45.3 Å². The molecule has 2 N–H and O–H groups in total. The third-order valence-electron chi connectivity index (χ3n) is 2.02. The maximum absolute atomic E-state index is 5.64. The monoisotopic (exact) mass is 157 g/mol. The minimum atomic E-state index is 0.268. The van der Waals surface area contributed by atoms with Crippen molar-refractivity contribution in [3.8, 4) is 0 Å². The van der Waals surface area contributed by atoms with Crippen molar-refractivity contribution in [1.29, 1.82) is 0 Å². The van der Waals surface area contributed by atoms with Crippen molar-refractivity contribution in [2.75, 3.05) is 6.61 Å². The molecule has 66 valence electrons. The fraction of sp³-hybridized carbons (Fsp3) is 1.00. The number of nitrogens with two attached hydrogens (primary N) is 1. The van der Waals surface area contributed by atoms with Crippen LogP contribution in [0.1, 0.15) is 33.1 Å². The Bertz CT molecular complexity index is 110. The highest BCUT2D eigenvalue weighted by Crippen LogP contribution is 2.29. The summed E-state index contributed by atoms with van der Waals surface area (Å²) in [5, 5.41) is 0. The smallest absolute Gasteiger partial charge is 0.0561 e. The summed E-state index contributed by atoms with van der Waals surface area (Å²) in [6, 6.07) is 0.268. The molecular weight excluding hydrogens is 138 g/mol. The molecule has 2 unspecified atom stereocenters. The fourth-order valence-electron chi connectivity index (χ4n) is 1.18. The Labute approximate surface area is 69.1 Å². The van der Waals surface area contributed by atoms with Crippen LogP contribution in [0, 0.1) is 5.92 Å². The van der Waals surface area contributed by atoms with E-state index in [-0.39, 0.29) is 6.04 Å². The van der Waals surface area contributed by atoms with Crippen molar-refractivity contribution >= 4 is 0 Å². The molecule has 2 heteroatoms. The first kappa shape index (κ1) is 9.01. The van der Waals surface area contributed by atoms with Gasteiger partial charge < -0.3 is 10.5 Å². The summed E-state index contributed by atoms with van der Waals surface area (Å²) in [6.45, 7) is 5.08. The summed E-state index contributed by atoms with van der Waals surface area (Å²) < 4.78 is 5.60. The van der Waals surface area contributed by atoms with Crippen LogP contribution in [0.25, 0.3) is 0 Å². The van der Waals surface area contributed by atoms with E-state index in [9.17, 15) is 0 Å². The van der Waals surface area contributed by atoms with Crippen molar-refractivity contribution in [2.24, 2.45) is 11.7 Å². The highest BCUT2D eigenvalue weighted by Gasteiger charge is 2.22. The average molecular weight is 157 g/mol. The van der Waals surface area contributed by atoms with Gasteiger partial charge in [0.2, 0.25) is 0 Å². The zero-order valence-electron chi connectivity index (χ0n) is 7.55. The summed E-state index contributed by atoms with van der Waals surface area (Å²) in [5.74, 6) is 0.866. The first-order valence-corrected chi connectivity index (χ1v) is 4.55. The number of hydrogen-bond donors (Lipinski definition) is 1. The lowest BCUT2D eigenvalue weighted by molar-refractivity contribution is 0.0496. The predicted molar refractivity (Wildman–Crippen MR) is 46.4 cm³/mol. The number of ether oxygens (including phenoxy) is 1. The third kappa shape index (κ3) is 4.38. The van der Waals surface area contributed by atoms with Gasteiger partial charge in [-0.15, -0.1) is 0 Å². The number of hydrogen-bond acceptors (Lipinski definition) is 2. The van der Waals surface area contributed by atoms with Gasteiger partial charge in [0, 0.05) is 12.6 Å². The van der Waals surface area contributed by atoms with Crippen LogP contribution in [0.15, 0.2) is 0 Å². The summed E-state index contributed by atoms with van der Waals surface area (Å²) >= 11 is 0. The fourth-order valence-corrected chi connectivity index (χ4v) is 1.18. The number of rotatable bonds is 5. The molecule has 1 aliphatic rings. The molecule has 0 aromatic carbocycles. The molecule has 0 radical (unpaired) electrons. The molecule has 0 aromatic heterocycles. The molecule has 0 saturated heterocycles. The maximum atomic E-state index is 5.64. The second kappa shape index (κ2) is 4.07. The van der Waals surface area contributed by atoms with Gasteiger partial charge in [-0.25, -0.2) is 0 Å². The average Bonchev–Trinajstić information content (AvgIpc) is 2.63. The topological polar surface area (TPSA) is 35.2 Å². The Hall–Kier alpha value is -0.0800. The summed E-state index contributed by atoms with van der Waals surface area (Å²) in [5.41, 5.74) is 5.64. The molecule has 0 bridgehead atoms. The van der Waals surface area contributed by atoms with Crippen LogP contribution in [0.2, 0.25) is 0 Å². The summed E-state index contributed by atoms with van der Waals surface area (Å²) in [6.07, 6.45) is 4.05. The van der Waals surface area contributed by atoms with Gasteiger partial charge in [-0.05, 0) is 39.0 Å². The Morgan fingerprint density at radius 1 is 1.45 bits per heavy atom. The zero-order chi connectivity index (χ0) is 8.27. The van der Waals surface area contributed by atoms with Gasteiger partial charge in [0.05, 0.1) is 6.10 Å². The largest absolute Gasteiger partial charge is 0.378 e. The molecule has 0 aliphatic heterocycles. The zero-order valence-corrected chi connectivity index (χ0v) is 7.55. The van der Waals surface area contributed by atoms with Crippen LogP contribution in [-0.2, 0) is 4.74 Å². The molecule has 11 heavy (non-hydrogen) atoms. The Balaban J connectivity index is 1.95. The van der Waals surface area contributed by atoms with E-state index >= 15 is 0 Å². The van der Waals surface area contributed by atoms with Gasteiger partial charge in [0.25, 0.3) is 0 Å². The van der Waals surface area contributed by atoms with Gasteiger partial charge in [0.15, 0.2) is 0 Å². The Kier molecular flexibility index (Phi) is 3.34. The van der Waals surface area contributed by atoms with Crippen molar-refractivity contribution < 1.29 is 4.74 Å². The minimum Gasteiger partial charge on any atom is -0.378 e. The molecule has 0 aromatic rings. The first-order valence-electron chi connectivity index (χ1n) is 4.55. The van der Waals surface area contributed by atoms with E-state index in [4.69, 9.17) is 10.5 Å². The minimum absolute atomic E-state index is 0.268. The van der Waals surface area contributed by atoms with E-state index < -0.39 is 0 Å². The van der Waals surface area contributed by atoms with E-state index in [1.165, 1.54) is 12.8 Å². The SMILES string of the molecule is CC(N)CC(C)OCC1CC1. The van der Waals surface area contributed by atoms with Crippen LogP contribution in [-0.4, -0.2) is 18.8 Å². The second-order valence-corrected chi connectivity index (χ2v) is 3.80. The molecule has 1 aliphatic carbocycles. The lowest BCUT2D eigenvalue weighted by atomic mass is 10.2. The highest BCUT2D eigenvalue weighted by molar-refractivity contribution is 4.73. The summed E-state index contributed by atoms with van der Waals surface area (Å²) in [4.78, 5) is 0. The highest BCUT2D eigenvalue weighted by atomic mass is 16.5. The Morgan fingerprint density at radius 2 is 2.09 bits per heavy atom. The molecule has 2 nitrogen and oxygen atoms in total. The molecule has 0 amide bonds. The van der Waals surface area contributed by atoms with Crippen LogP contribution < -0.4 is 5.73 Å². The lowest BCUT2D eigenvalue weighted by Gasteiger charge is -2.14. The normalized spacial score (nSPS) is 23.2. The van der Waals surface area contributed by atoms with Crippen LogP contribution in [0.3, 0.4) is 0 Å². The Morgan fingerprint density at radius 3 is 2.55 bits per heavy atom. The molecule has 1 saturated carbocycles. The van der Waals surface area contributed by atoms with Crippen molar-refractivity contribution in [3.63, 3.8) is 0 Å². The standard InChI is InChI=1S/C9H19NO/c1-7(10)5-8(2)11-6-9-3-4-9/h7-9H,3-6,10H2,1-2H3. The van der Waals surface area contributed by atoms with Crippen LogP contribution in [0.5, 0.6) is 0 Å². The summed E-state index contributed by atoms with van der Waals surface area (Å²) in [7, 11) is 0. The third-order valence-corrected chi connectivity index (χ3v) is 2.02. The molecule has 1 rings (SSSR count). The maximum Gasteiger partial charge on any atom is 0.0561 e.